The van der Waals surface area contributed by atoms with Gasteiger partial charge in [-0.15, -0.1) is 0 Å². The van der Waals surface area contributed by atoms with Gasteiger partial charge in [-0.1, -0.05) is 35.9 Å². The zero-order chi connectivity index (χ0) is 21.7. The monoisotopic (exact) mass is 404 g/mol. The van der Waals surface area contributed by atoms with Crippen LogP contribution in [-0.4, -0.2) is 26.0 Å². The Bertz CT molecular complexity index is 1080. The molecule has 0 aliphatic rings. The molecule has 0 heterocycles. The van der Waals surface area contributed by atoms with E-state index in [0.717, 1.165) is 11.1 Å². The quantitative estimate of drug-likeness (QED) is 0.617. The summed E-state index contributed by atoms with van der Waals surface area (Å²) >= 11 is 0. The number of amides is 2. The number of carbonyl (C=O) groups is 2. The molecule has 3 aromatic rings. The molecule has 0 spiro atoms. The van der Waals surface area contributed by atoms with E-state index in [0.29, 0.717) is 34.0 Å². The summed E-state index contributed by atoms with van der Waals surface area (Å²) in [5.41, 5.74) is 3.94. The summed E-state index contributed by atoms with van der Waals surface area (Å²) in [5, 5.41) is 5.69. The Hall–Kier alpha value is -3.80. The molecule has 3 aromatic carbocycles. The number of nitrogens with one attached hydrogen (secondary N) is 2. The van der Waals surface area contributed by atoms with E-state index in [9.17, 15) is 9.59 Å². The minimum Gasteiger partial charge on any atom is -0.494 e. The summed E-state index contributed by atoms with van der Waals surface area (Å²) in [6.07, 6.45) is 0. The minimum atomic E-state index is -0.275. The highest BCUT2D eigenvalue weighted by atomic mass is 16.5. The number of carbonyl (C=O) groups excluding carboxylic acids is 2. The lowest BCUT2D eigenvalue weighted by molar-refractivity contribution is 0.101. The first kappa shape index (κ1) is 20.9. The third-order valence-electron chi connectivity index (χ3n) is 4.68. The summed E-state index contributed by atoms with van der Waals surface area (Å²) in [7, 11) is 2.99. The largest absolute Gasteiger partial charge is 0.494 e. The van der Waals surface area contributed by atoms with E-state index in [1.807, 2.05) is 32.0 Å². The van der Waals surface area contributed by atoms with Crippen LogP contribution in [0, 0.1) is 13.8 Å². The smallest absolute Gasteiger partial charge is 0.256 e. The van der Waals surface area contributed by atoms with Crippen LogP contribution in [0.15, 0.2) is 60.7 Å². The normalized spacial score (nSPS) is 10.3. The first-order chi connectivity index (χ1) is 14.4. The lowest BCUT2D eigenvalue weighted by Gasteiger charge is -2.17. The van der Waals surface area contributed by atoms with Gasteiger partial charge in [0.2, 0.25) is 0 Å². The van der Waals surface area contributed by atoms with E-state index >= 15 is 0 Å². The maximum Gasteiger partial charge on any atom is 0.256 e. The molecule has 2 amide bonds. The van der Waals surface area contributed by atoms with E-state index in [1.165, 1.54) is 14.2 Å². The minimum absolute atomic E-state index is 0.256. The van der Waals surface area contributed by atoms with Crippen molar-refractivity contribution in [1.29, 1.82) is 0 Å². The Kier molecular flexibility index (Phi) is 6.37. The fraction of sp³-hybridized carbons (Fsp3) is 0.167. The summed E-state index contributed by atoms with van der Waals surface area (Å²) < 4.78 is 10.9. The molecule has 0 bridgehead atoms. The molecule has 0 saturated carbocycles. The van der Waals surface area contributed by atoms with Crippen molar-refractivity contribution in [3.05, 3.63) is 82.9 Å². The van der Waals surface area contributed by atoms with Crippen LogP contribution in [-0.2, 0) is 0 Å². The van der Waals surface area contributed by atoms with Gasteiger partial charge in [-0.05, 0) is 37.6 Å². The van der Waals surface area contributed by atoms with Crippen molar-refractivity contribution < 1.29 is 19.1 Å². The number of hydrogen-bond donors (Lipinski definition) is 2. The number of hydrogen-bond acceptors (Lipinski definition) is 4. The Morgan fingerprint density at radius 1 is 0.733 bits per heavy atom. The van der Waals surface area contributed by atoms with Gasteiger partial charge >= 0.3 is 0 Å². The first-order valence-corrected chi connectivity index (χ1v) is 9.44. The average molecular weight is 404 g/mol. The van der Waals surface area contributed by atoms with Crippen molar-refractivity contribution in [2.45, 2.75) is 13.8 Å². The van der Waals surface area contributed by atoms with E-state index in [1.54, 1.807) is 42.5 Å². The molecule has 0 fully saturated rings. The Morgan fingerprint density at radius 2 is 1.30 bits per heavy atom. The van der Waals surface area contributed by atoms with Crippen LogP contribution in [0.25, 0.3) is 0 Å². The summed E-state index contributed by atoms with van der Waals surface area (Å²) in [5.74, 6) is 0.269. The molecule has 0 radical (unpaired) electrons. The topological polar surface area (TPSA) is 76.7 Å². The van der Waals surface area contributed by atoms with Crippen molar-refractivity contribution in [3.8, 4) is 11.5 Å². The van der Waals surface area contributed by atoms with Gasteiger partial charge in [0, 0.05) is 23.3 Å². The van der Waals surface area contributed by atoms with Crippen molar-refractivity contribution in [2.75, 3.05) is 24.9 Å². The van der Waals surface area contributed by atoms with Crippen LogP contribution in [0.3, 0.4) is 0 Å². The number of ether oxygens (including phenoxy) is 2. The number of anilines is 2. The van der Waals surface area contributed by atoms with Crippen molar-refractivity contribution in [2.24, 2.45) is 0 Å². The molecule has 30 heavy (non-hydrogen) atoms. The number of benzene rings is 3. The predicted molar refractivity (Wildman–Crippen MR) is 118 cm³/mol. The highest BCUT2D eigenvalue weighted by Gasteiger charge is 2.17. The molecule has 0 aromatic heterocycles. The maximum atomic E-state index is 12.8. The van der Waals surface area contributed by atoms with Gasteiger partial charge in [-0.25, -0.2) is 0 Å². The Morgan fingerprint density at radius 3 is 1.83 bits per heavy atom. The molecule has 0 aliphatic heterocycles. The number of aryl methyl sites for hydroxylation is 2. The highest BCUT2D eigenvalue weighted by molar-refractivity contribution is 6.08. The predicted octanol–water partition coefficient (Wildman–Crippen LogP) is 4.83. The van der Waals surface area contributed by atoms with Gasteiger partial charge in [-0.3, -0.25) is 9.59 Å². The van der Waals surface area contributed by atoms with Crippen molar-refractivity contribution in [1.82, 2.24) is 0 Å². The second kappa shape index (κ2) is 9.13. The van der Waals surface area contributed by atoms with Crippen LogP contribution in [0.1, 0.15) is 31.8 Å². The van der Waals surface area contributed by atoms with Gasteiger partial charge in [-0.2, -0.15) is 0 Å². The van der Waals surface area contributed by atoms with Gasteiger partial charge in [0.25, 0.3) is 11.8 Å². The van der Waals surface area contributed by atoms with Crippen molar-refractivity contribution >= 4 is 23.2 Å². The second-order valence-corrected chi connectivity index (χ2v) is 6.85. The summed E-state index contributed by atoms with van der Waals surface area (Å²) in [4.78, 5) is 25.3. The molecule has 0 saturated heterocycles. The zero-order valence-corrected chi connectivity index (χ0v) is 17.4. The van der Waals surface area contributed by atoms with Crippen LogP contribution in [0.5, 0.6) is 11.5 Å². The molecular formula is C24H24N2O4. The van der Waals surface area contributed by atoms with Crippen molar-refractivity contribution in [3.63, 3.8) is 0 Å². The fourth-order valence-corrected chi connectivity index (χ4v) is 3.14. The molecule has 0 aliphatic carbocycles. The fourth-order valence-electron chi connectivity index (χ4n) is 3.14. The van der Waals surface area contributed by atoms with Gasteiger partial charge in [0.05, 0.1) is 25.6 Å². The lowest BCUT2D eigenvalue weighted by Crippen LogP contribution is -2.15. The molecule has 3 rings (SSSR count). The number of methoxy groups -OCH3 is 2. The Balaban J connectivity index is 1.89. The van der Waals surface area contributed by atoms with Gasteiger partial charge in [0.15, 0.2) is 0 Å². The highest BCUT2D eigenvalue weighted by Crippen LogP contribution is 2.37. The Labute approximate surface area is 175 Å². The maximum absolute atomic E-state index is 12.8. The van der Waals surface area contributed by atoms with E-state index in [-0.39, 0.29) is 11.8 Å². The SMILES string of the molecule is COc1cc(NC(=O)c2ccc(C)cc2C)c(OC)cc1NC(=O)c1ccccc1. The molecular weight excluding hydrogens is 380 g/mol. The zero-order valence-electron chi connectivity index (χ0n) is 17.4. The first-order valence-electron chi connectivity index (χ1n) is 9.44. The number of rotatable bonds is 6. The van der Waals surface area contributed by atoms with Crippen LogP contribution < -0.4 is 20.1 Å². The lowest BCUT2D eigenvalue weighted by atomic mass is 10.1. The average Bonchev–Trinajstić information content (AvgIpc) is 2.74. The van der Waals surface area contributed by atoms with Gasteiger partial charge in [0.1, 0.15) is 11.5 Å². The van der Waals surface area contributed by atoms with E-state index < -0.39 is 0 Å². The summed E-state index contributed by atoms with van der Waals surface area (Å²) in [6, 6.07) is 17.7. The molecule has 6 nitrogen and oxygen atoms in total. The molecule has 154 valence electrons. The molecule has 2 N–H and O–H groups in total. The van der Waals surface area contributed by atoms with Crippen LogP contribution in [0.2, 0.25) is 0 Å². The van der Waals surface area contributed by atoms with E-state index in [4.69, 9.17) is 9.47 Å². The molecule has 0 atom stereocenters. The third kappa shape index (κ3) is 4.60. The second-order valence-electron chi connectivity index (χ2n) is 6.85. The van der Waals surface area contributed by atoms with E-state index in [2.05, 4.69) is 10.6 Å². The van der Waals surface area contributed by atoms with Crippen LogP contribution in [0.4, 0.5) is 11.4 Å². The molecule has 6 heteroatoms. The third-order valence-corrected chi connectivity index (χ3v) is 4.68. The van der Waals surface area contributed by atoms with Crippen LogP contribution >= 0.6 is 0 Å². The molecule has 0 unspecified atom stereocenters. The standard InChI is InChI=1S/C24H24N2O4/c1-15-10-11-18(16(2)12-15)24(28)26-20-14-21(29-3)19(13-22(20)30-4)25-23(27)17-8-6-5-7-9-17/h5-14H,1-4H3,(H,25,27)(H,26,28). The summed E-state index contributed by atoms with van der Waals surface area (Å²) in [6.45, 7) is 3.87. The van der Waals surface area contributed by atoms with Gasteiger partial charge < -0.3 is 20.1 Å².